The van der Waals surface area contributed by atoms with Crippen LogP contribution >= 0.6 is 0 Å². The highest BCUT2D eigenvalue weighted by Gasteiger charge is 2.63. The minimum atomic E-state index is -0.598. The Bertz CT molecular complexity index is 166. The minimum Gasteiger partial charge on any atom is -0.481 e. The first kappa shape index (κ1) is 8.57. The first-order valence-electron chi connectivity index (χ1n) is 4.30. The zero-order chi connectivity index (χ0) is 8.65. The summed E-state index contributed by atoms with van der Waals surface area (Å²) in [5.41, 5.74) is -0.366. The summed E-state index contributed by atoms with van der Waals surface area (Å²) in [4.78, 5) is 10.9. The fraction of sp³-hybridized carbons (Fsp3) is 0.889. The van der Waals surface area contributed by atoms with Gasteiger partial charge in [-0.2, -0.15) is 0 Å². The van der Waals surface area contributed by atoms with E-state index in [1.165, 1.54) is 0 Å². The lowest BCUT2D eigenvalue weighted by Crippen LogP contribution is -2.18. The third-order valence-electron chi connectivity index (χ3n) is 3.33. The lowest BCUT2D eigenvalue weighted by molar-refractivity contribution is -0.144. The van der Waals surface area contributed by atoms with Crippen molar-refractivity contribution in [3.8, 4) is 0 Å². The highest BCUT2D eigenvalue weighted by Crippen LogP contribution is 2.61. The minimum absolute atomic E-state index is 0.366. The molecular formula is C9H16O2. The largest absolute Gasteiger partial charge is 0.481 e. The van der Waals surface area contributed by atoms with E-state index in [0.717, 1.165) is 12.8 Å². The molecule has 0 saturated heterocycles. The van der Waals surface area contributed by atoms with Crippen molar-refractivity contribution in [3.63, 3.8) is 0 Å². The highest BCUT2D eigenvalue weighted by molar-refractivity contribution is 5.79. The van der Waals surface area contributed by atoms with Gasteiger partial charge in [0, 0.05) is 0 Å². The molecule has 1 saturated carbocycles. The van der Waals surface area contributed by atoms with Gasteiger partial charge in [-0.1, -0.05) is 27.2 Å². The molecule has 2 atom stereocenters. The average molecular weight is 156 g/mol. The number of hydrogen-bond donors (Lipinski definition) is 1. The number of hydrogen-bond acceptors (Lipinski definition) is 1. The Morgan fingerprint density at radius 2 is 1.91 bits per heavy atom. The molecule has 1 N–H and O–H groups in total. The molecule has 2 heteroatoms. The van der Waals surface area contributed by atoms with Gasteiger partial charge >= 0.3 is 5.97 Å². The SMILES string of the molecule is CCCC1(C(=O)O)C(C)C1C. The lowest BCUT2D eigenvalue weighted by Gasteiger charge is -2.09. The second-order valence-electron chi connectivity index (χ2n) is 3.67. The van der Waals surface area contributed by atoms with E-state index < -0.39 is 5.97 Å². The number of carbonyl (C=O) groups is 1. The smallest absolute Gasteiger partial charge is 0.310 e. The molecule has 64 valence electrons. The van der Waals surface area contributed by atoms with Crippen LogP contribution in [-0.4, -0.2) is 11.1 Å². The van der Waals surface area contributed by atoms with Crippen molar-refractivity contribution < 1.29 is 9.90 Å². The molecule has 1 fully saturated rings. The predicted molar refractivity (Wildman–Crippen MR) is 43.3 cm³/mol. The van der Waals surface area contributed by atoms with Crippen LogP contribution in [0, 0.1) is 17.3 Å². The van der Waals surface area contributed by atoms with E-state index in [1.54, 1.807) is 0 Å². The number of aliphatic carboxylic acids is 1. The molecular weight excluding hydrogens is 140 g/mol. The second kappa shape index (κ2) is 2.50. The van der Waals surface area contributed by atoms with Crippen molar-refractivity contribution in [2.75, 3.05) is 0 Å². The lowest BCUT2D eigenvalue weighted by atomic mass is 9.96. The molecule has 0 aromatic heterocycles. The normalized spacial score (nSPS) is 42.1. The van der Waals surface area contributed by atoms with Crippen LogP contribution in [0.15, 0.2) is 0 Å². The average Bonchev–Trinajstić information content (AvgIpc) is 2.43. The monoisotopic (exact) mass is 156 g/mol. The molecule has 0 aromatic rings. The van der Waals surface area contributed by atoms with Crippen LogP contribution in [0.2, 0.25) is 0 Å². The molecule has 0 radical (unpaired) electrons. The van der Waals surface area contributed by atoms with Crippen molar-refractivity contribution in [2.24, 2.45) is 17.3 Å². The Hall–Kier alpha value is -0.530. The molecule has 1 aliphatic rings. The molecule has 1 rings (SSSR count). The van der Waals surface area contributed by atoms with Gasteiger partial charge in [0.05, 0.1) is 5.41 Å². The third kappa shape index (κ3) is 0.959. The van der Waals surface area contributed by atoms with Crippen molar-refractivity contribution in [1.29, 1.82) is 0 Å². The van der Waals surface area contributed by atoms with Crippen LogP contribution in [0.1, 0.15) is 33.6 Å². The highest BCUT2D eigenvalue weighted by atomic mass is 16.4. The Morgan fingerprint density at radius 1 is 1.45 bits per heavy atom. The van der Waals surface area contributed by atoms with E-state index in [0.29, 0.717) is 11.8 Å². The number of carboxylic acids is 1. The van der Waals surface area contributed by atoms with Crippen molar-refractivity contribution in [3.05, 3.63) is 0 Å². The summed E-state index contributed by atoms with van der Waals surface area (Å²) < 4.78 is 0. The van der Waals surface area contributed by atoms with Gasteiger partial charge in [0.2, 0.25) is 0 Å². The molecule has 2 unspecified atom stereocenters. The van der Waals surface area contributed by atoms with Crippen LogP contribution < -0.4 is 0 Å². The van der Waals surface area contributed by atoms with Crippen LogP contribution in [0.3, 0.4) is 0 Å². The van der Waals surface area contributed by atoms with E-state index in [9.17, 15) is 4.79 Å². The molecule has 0 bridgehead atoms. The summed E-state index contributed by atoms with van der Waals surface area (Å²) in [6.07, 6.45) is 1.81. The third-order valence-corrected chi connectivity index (χ3v) is 3.33. The summed E-state index contributed by atoms with van der Waals surface area (Å²) in [5.74, 6) is 0.152. The second-order valence-corrected chi connectivity index (χ2v) is 3.67. The first-order chi connectivity index (χ1) is 5.07. The van der Waals surface area contributed by atoms with Crippen LogP contribution in [0.25, 0.3) is 0 Å². The zero-order valence-corrected chi connectivity index (χ0v) is 7.42. The Balaban J connectivity index is 2.69. The molecule has 11 heavy (non-hydrogen) atoms. The maximum atomic E-state index is 10.9. The number of rotatable bonds is 3. The van der Waals surface area contributed by atoms with E-state index in [4.69, 9.17) is 5.11 Å². The van der Waals surface area contributed by atoms with Crippen molar-refractivity contribution >= 4 is 5.97 Å². The maximum Gasteiger partial charge on any atom is 0.310 e. The van der Waals surface area contributed by atoms with E-state index in [1.807, 2.05) is 20.8 Å². The molecule has 0 heterocycles. The summed E-state index contributed by atoms with van der Waals surface area (Å²) in [5, 5.41) is 8.98. The predicted octanol–water partition coefficient (Wildman–Crippen LogP) is 2.14. The zero-order valence-electron chi connectivity index (χ0n) is 7.42. The Labute approximate surface area is 67.6 Å². The Morgan fingerprint density at radius 3 is 2.00 bits per heavy atom. The topological polar surface area (TPSA) is 37.3 Å². The molecule has 1 aliphatic carbocycles. The van der Waals surface area contributed by atoms with Gasteiger partial charge < -0.3 is 5.11 Å². The van der Waals surface area contributed by atoms with Crippen LogP contribution in [0.5, 0.6) is 0 Å². The van der Waals surface area contributed by atoms with Gasteiger partial charge in [-0.3, -0.25) is 4.79 Å². The number of carboxylic acid groups (broad SMARTS) is 1. The van der Waals surface area contributed by atoms with Crippen molar-refractivity contribution in [2.45, 2.75) is 33.6 Å². The summed E-state index contributed by atoms with van der Waals surface area (Å²) in [6.45, 7) is 6.12. The first-order valence-corrected chi connectivity index (χ1v) is 4.30. The van der Waals surface area contributed by atoms with Gasteiger partial charge in [-0.25, -0.2) is 0 Å². The van der Waals surface area contributed by atoms with E-state index in [-0.39, 0.29) is 5.41 Å². The molecule has 0 spiro atoms. The molecule has 2 nitrogen and oxygen atoms in total. The quantitative estimate of drug-likeness (QED) is 0.679. The van der Waals surface area contributed by atoms with Gasteiger partial charge in [0.1, 0.15) is 0 Å². The summed E-state index contributed by atoms with van der Waals surface area (Å²) in [7, 11) is 0. The molecule has 0 amide bonds. The fourth-order valence-corrected chi connectivity index (χ4v) is 2.23. The van der Waals surface area contributed by atoms with Crippen molar-refractivity contribution in [1.82, 2.24) is 0 Å². The molecule has 0 aliphatic heterocycles. The van der Waals surface area contributed by atoms with Crippen LogP contribution in [-0.2, 0) is 4.79 Å². The molecule has 0 aromatic carbocycles. The van der Waals surface area contributed by atoms with E-state index in [2.05, 4.69) is 0 Å². The maximum absolute atomic E-state index is 10.9. The van der Waals surface area contributed by atoms with Crippen LogP contribution in [0.4, 0.5) is 0 Å². The van der Waals surface area contributed by atoms with Gasteiger partial charge in [0.25, 0.3) is 0 Å². The van der Waals surface area contributed by atoms with Gasteiger partial charge in [-0.15, -0.1) is 0 Å². The van der Waals surface area contributed by atoms with E-state index >= 15 is 0 Å². The fourth-order valence-electron chi connectivity index (χ4n) is 2.23. The van der Waals surface area contributed by atoms with Gasteiger partial charge in [-0.05, 0) is 18.3 Å². The Kier molecular flexibility index (Phi) is 1.95. The van der Waals surface area contributed by atoms with Gasteiger partial charge in [0.15, 0.2) is 0 Å². The summed E-state index contributed by atoms with van der Waals surface area (Å²) >= 11 is 0. The summed E-state index contributed by atoms with van der Waals surface area (Å²) in [6, 6.07) is 0. The standard InChI is InChI=1S/C9H16O2/c1-4-5-9(8(10)11)6(2)7(9)3/h6-7H,4-5H2,1-3H3,(H,10,11).